The molecular weight excluding hydrogens is 220 g/mol. The molecule has 0 radical (unpaired) electrons. The minimum atomic E-state index is -0.403. The van der Waals surface area contributed by atoms with Crippen molar-refractivity contribution >= 4 is 11.6 Å². The molecule has 5 nitrogen and oxygen atoms in total. The molecule has 5 heteroatoms. The summed E-state index contributed by atoms with van der Waals surface area (Å²) in [4.78, 5) is 23.4. The number of likely N-dealkylation sites (N-methyl/N-ethyl adjacent to an activating group) is 1. The second-order valence-electron chi connectivity index (χ2n) is 4.22. The molecule has 0 spiro atoms. The van der Waals surface area contributed by atoms with Crippen LogP contribution in [0.25, 0.3) is 0 Å². The molecule has 1 amide bonds. The molecule has 0 atom stereocenters. The lowest BCUT2D eigenvalue weighted by Gasteiger charge is -2.12. The molecule has 0 fully saturated rings. The quantitative estimate of drug-likeness (QED) is 0.594. The normalized spacial score (nSPS) is 10.1. The summed E-state index contributed by atoms with van der Waals surface area (Å²) in [6.45, 7) is 3.51. The maximum absolute atomic E-state index is 11.6. The minimum absolute atomic E-state index is 0.0126. The highest BCUT2D eigenvalue weighted by atomic mass is 16.6. The van der Waals surface area contributed by atoms with Crippen LogP contribution in [0.5, 0.6) is 0 Å². The first-order chi connectivity index (χ1) is 7.84. The number of nitro groups is 1. The van der Waals surface area contributed by atoms with Gasteiger partial charge in [-0.15, -0.1) is 0 Å². The molecule has 0 unspecified atom stereocenters. The van der Waals surface area contributed by atoms with Crippen molar-refractivity contribution in [2.45, 2.75) is 20.3 Å². The second-order valence-corrected chi connectivity index (χ2v) is 4.22. The van der Waals surface area contributed by atoms with Crippen molar-refractivity contribution in [1.82, 2.24) is 4.90 Å². The standard InChI is InChI=1S/C12H16N2O3/c1-8-9(2)11(14(16)17)6-5-10(8)7-12(15)13(3)4/h5-6H,7H2,1-4H3. The monoisotopic (exact) mass is 236 g/mol. The Morgan fingerprint density at radius 1 is 1.29 bits per heavy atom. The van der Waals surface area contributed by atoms with Crippen molar-refractivity contribution in [1.29, 1.82) is 0 Å². The number of hydrogen-bond donors (Lipinski definition) is 0. The number of amides is 1. The van der Waals surface area contributed by atoms with Crippen LogP contribution in [0.2, 0.25) is 0 Å². The van der Waals surface area contributed by atoms with Gasteiger partial charge in [0.1, 0.15) is 0 Å². The zero-order chi connectivity index (χ0) is 13.2. The molecule has 1 aromatic carbocycles. The van der Waals surface area contributed by atoms with Gasteiger partial charge in [0.2, 0.25) is 5.91 Å². The van der Waals surface area contributed by atoms with Crippen molar-refractivity contribution in [2.24, 2.45) is 0 Å². The van der Waals surface area contributed by atoms with Crippen LogP contribution in [0.3, 0.4) is 0 Å². The first kappa shape index (κ1) is 13.2. The lowest BCUT2D eigenvalue weighted by Crippen LogP contribution is -2.23. The topological polar surface area (TPSA) is 63.5 Å². The maximum atomic E-state index is 11.6. The molecule has 17 heavy (non-hydrogen) atoms. The number of rotatable bonds is 3. The Hall–Kier alpha value is -1.91. The zero-order valence-electron chi connectivity index (χ0n) is 10.5. The average molecular weight is 236 g/mol. The molecule has 0 aliphatic rings. The fourth-order valence-electron chi connectivity index (χ4n) is 1.57. The number of nitro benzene ring substituents is 1. The van der Waals surface area contributed by atoms with E-state index in [1.54, 1.807) is 34.0 Å². The van der Waals surface area contributed by atoms with E-state index >= 15 is 0 Å². The van der Waals surface area contributed by atoms with Crippen molar-refractivity contribution in [3.63, 3.8) is 0 Å². The van der Waals surface area contributed by atoms with Crippen LogP contribution in [0.4, 0.5) is 5.69 Å². The average Bonchev–Trinajstić information content (AvgIpc) is 2.24. The molecule has 0 saturated heterocycles. The molecule has 0 heterocycles. The summed E-state index contributed by atoms with van der Waals surface area (Å²) in [6.07, 6.45) is 0.275. The van der Waals surface area contributed by atoms with E-state index in [0.29, 0.717) is 5.56 Å². The smallest absolute Gasteiger partial charge is 0.272 e. The second kappa shape index (κ2) is 4.95. The van der Waals surface area contributed by atoms with E-state index < -0.39 is 4.92 Å². The first-order valence-electron chi connectivity index (χ1n) is 5.28. The van der Waals surface area contributed by atoms with Crippen LogP contribution >= 0.6 is 0 Å². The number of hydrogen-bond acceptors (Lipinski definition) is 3. The highest BCUT2D eigenvalue weighted by Gasteiger charge is 2.16. The van der Waals surface area contributed by atoms with E-state index in [-0.39, 0.29) is 18.0 Å². The van der Waals surface area contributed by atoms with Gasteiger partial charge in [0, 0.05) is 25.7 Å². The predicted molar refractivity (Wildman–Crippen MR) is 65.0 cm³/mol. The highest BCUT2D eigenvalue weighted by molar-refractivity contribution is 5.78. The van der Waals surface area contributed by atoms with Crippen molar-refractivity contribution in [3.8, 4) is 0 Å². The van der Waals surface area contributed by atoms with Crippen molar-refractivity contribution in [2.75, 3.05) is 14.1 Å². The summed E-state index contributed by atoms with van der Waals surface area (Å²) >= 11 is 0. The Morgan fingerprint density at radius 3 is 2.35 bits per heavy atom. The summed E-state index contributed by atoms with van der Waals surface area (Å²) in [6, 6.07) is 3.11. The Kier molecular flexibility index (Phi) is 3.83. The number of nitrogens with zero attached hydrogens (tertiary/aromatic N) is 2. The van der Waals surface area contributed by atoms with Gasteiger partial charge >= 0.3 is 0 Å². The Bertz CT molecular complexity index is 467. The molecule has 0 aromatic heterocycles. The SMILES string of the molecule is Cc1c(CC(=O)N(C)C)ccc([N+](=O)[O-])c1C. The molecule has 0 bridgehead atoms. The van der Waals surface area contributed by atoms with Crippen LogP contribution in [0.1, 0.15) is 16.7 Å². The van der Waals surface area contributed by atoms with Crippen LogP contribution in [-0.2, 0) is 11.2 Å². The van der Waals surface area contributed by atoms with E-state index in [2.05, 4.69) is 0 Å². The highest BCUT2D eigenvalue weighted by Crippen LogP contribution is 2.24. The van der Waals surface area contributed by atoms with Gasteiger partial charge < -0.3 is 4.90 Å². The van der Waals surface area contributed by atoms with Crippen LogP contribution in [0.15, 0.2) is 12.1 Å². The molecule has 0 saturated carbocycles. The minimum Gasteiger partial charge on any atom is -0.349 e. The summed E-state index contributed by atoms with van der Waals surface area (Å²) in [7, 11) is 3.38. The molecular formula is C12H16N2O3. The first-order valence-corrected chi connectivity index (χ1v) is 5.28. The van der Waals surface area contributed by atoms with E-state index in [9.17, 15) is 14.9 Å². The van der Waals surface area contributed by atoms with Gasteiger partial charge in [0.25, 0.3) is 5.69 Å². The van der Waals surface area contributed by atoms with Crippen LogP contribution in [0, 0.1) is 24.0 Å². The van der Waals surface area contributed by atoms with Crippen LogP contribution in [-0.4, -0.2) is 29.8 Å². The lowest BCUT2D eigenvalue weighted by atomic mass is 9.99. The van der Waals surface area contributed by atoms with Gasteiger partial charge in [-0.3, -0.25) is 14.9 Å². The van der Waals surface area contributed by atoms with Gasteiger partial charge in [-0.25, -0.2) is 0 Å². The van der Waals surface area contributed by atoms with Gasteiger partial charge in [-0.1, -0.05) is 6.07 Å². The molecule has 0 N–H and O–H groups in total. The fraction of sp³-hybridized carbons (Fsp3) is 0.417. The number of benzene rings is 1. The van der Waals surface area contributed by atoms with E-state index in [1.807, 2.05) is 0 Å². The van der Waals surface area contributed by atoms with Gasteiger partial charge in [0.05, 0.1) is 11.3 Å². The molecule has 92 valence electrons. The van der Waals surface area contributed by atoms with Crippen molar-refractivity contribution < 1.29 is 9.72 Å². The van der Waals surface area contributed by atoms with E-state index in [1.165, 1.54) is 11.0 Å². The largest absolute Gasteiger partial charge is 0.349 e. The third-order valence-corrected chi connectivity index (χ3v) is 2.91. The summed E-state index contributed by atoms with van der Waals surface area (Å²) in [5.74, 6) is -0.0126. The maximum Gasteiger partial charge on any atom is 0.272 e. The fourth-order valence-corrected chi connectivity index (χ4v) is 1.57. The molecule has 0 aliphatic heterocycles. The van der Waals surface area contributed by atoms with Gasteiger partial charge in [-0.2, -0.15) is 0 Å². The zero-order valence-corrected chi connectivity index (χ0v) is 10.5. The van der Waals surface area contributed by atoms with Crippen LogP contribution < -0.4 is 0 Å². The summed E-state index contributed by atoms with van der Waals surface area (Å²) < 4.78 is 0. The van der Waals surface area contributed by atoms with Gasteiger partial charge in [-0.05, 0) is 25.0 Å². The number of carbonyl (C=O) groups is 1. The molecule has 0 aliphatic carbocycles. The summed E-state index contributed by atoms with van der Waals surface area (Å²) in [5, 5.41) is 10.7. The molecule has 1 aromatic rings. The summed E-state index contributed by atoms with van der Waals surface area (Å²) in [5.41, 5.74) is 2.38. The number of carbonyl (C=O) groups excluding carboxylic acids is 1. The van der Waals surface area contributed by atoms with E-state index in [0.717, 1.165) is 11.1 Å². The molecule has 1 rings (SSSR count). The Labute approximate surface area is 100 Å². The van der Waals surface area contributed by atoms with E-state index in [4.69, 9.17) is 0 Å². The third kappa shape index (κ3) is 2.81. The van der Waals surface area contributed by atoms with Crippen molar-refractivity contribution in [3.05, 3.63) is 38.9 Å². The Morgan fingerprint density at radius 2 is 1.88 bits per heavy atom. The predicted octanol–water partition coefficient (Wildman–Crippen LogP) is 1.84. The third-order valence-electron chi connectivity index (χ3n) is 2.91. The van der Waals surface area contributed by atoms with Gasteiger partial charge in [0.15, 0.2) is 0 Å². The Balaban J connectivity index is 3.09. The lowest BCUT2D eigenvalue weighted by molar-refractivity contribution is -0.385.